The summed E-state index contributed by atoms with van der Waals surface area (Å²) >= 11 is 12.3. The lowest BCUT2D eigenvalue weighted by atomic mass is 10.1. The first-order chi connectivity index (χ1) is 13.0. The van der Waals surface area contributed by atoms with Crippen LogP contribution in [0.25, 0.3) is 22.2 Å². The molecule has 0 unspecified atom stereocenters. The van der Waals surface area contributed by atoms with E-state index in [-0.39, 0.29) is 11.7 Å². The predicted molar refractivity (Wildman–Crippen MR) is 109 cm³/mol. The van der Waals surface area contributed by atoms with Crippen LogP contribution in [-0.4, -0.2) is 10.9 Å². The van der Waals surface area contributed by atoms with Crippen molar-refractivity contribution in [2.24, 2.45) is 0 Å². The Morgan fingerprint density at radius 2 is 1.81 bits per heavy atom. The van der Waals surface area contributed by atoms with Gasteiger partial charge < -0.3 is 9.73 Å². The van der Waals surface area contributed by atoms with Crippen LogP contribution in [0.1, 0.15) is 16.2 Å². The number of hydrogen-bond acceptors (Lipinski definition) is 3. The van der Waals surface area contributed by atoms with Gasteiger partial charge in [0.2, 0.25) is 0 Å². The Labute approximate surface area is 165 Å². The Bertz CT molecular complexity index is 1170. The average molecular weight is 397 g/mol. The molecule has 0 fully saturated rings. The molecule has 27 heavy (non-hydrogen) atoms. The van der Waals surface area contributed by atoms with E-state index in [0.29, 0.717) is 27.1 Å². The Hall–Kier alpha value is -2.82. The molecule has 1 N–H and O–H groups in total. The Kier molecular flexibility index (Phi) is 4.60. The molecule has 4 rings (SSSR count). The second-order valence-corrected chi connectivity index (χ2v) is 6.83. The number of nitrogens with one attached hydrogen (secondary N) is 1. The summed E-state index contributed by atoms with van der Waals surface area (Å²) in [5, 5.41) is 4.55. The maximum absolute atomic E-state index is 12.6. The molecule has 4 nitrogen and oxygen atoms in total. The first-order valence-corrected chi connectivity index (χ1v) is 9.00. The molecule has 0 spiro atoms. The number of halogens is 2. The Balaban J connectivity index is 1.63. The summed E-state index contributed by atoms with van der Waals surface area (Å²) in [6.45, 7) is 1.93. The SMILES string of the molecule is Cc1ccc2c(NC(=O)c3ccc(-c4cccc(Cl)c4Cl)o3)cccc2n1. The summed E-state index contributed by atoms with van der Waals surface area (Å²) in [5.41, 5.74) is 3.04. The van der Waals surface area contributed by atoms with E-state index in [1.807, 2.05) is 37.3 Å². The van der Waals surface area contributed by atoms with Crippen molar-refractivity contribution in [2.75, 3.05) is 5.32 Å². The second-order valence-electron chi connectivity index (χ2n) is 6.04. The van der Waals surface area contributed by atoms with Crippen molar-refractivity contribution in [1.29, 1.82) is 0 Å². The molecule has 4 aromatic rings. The maximum atomic E-state index is 12.6. The zero-order valence-electron chi connectivity index (χ0n) is 14.3. The molecule has 1 amide bonds. The lowest BCUT2D eigenvalue weighted by Crippen LogP contribution is -2.11. The van der Waals surface area contributed by atoms with E-state index >= 15 is 0 Å². The number of pyridine rings is 1. The van der Waals surface area contributed by atoms with Crippen LogP contribution < -0.4 is 5.32 Å². The molecule has 0 aliphatic heterocycles. The fraction of sp³-hybridized carbons (Fsp3) is 0.0476. The van der Waals surface area contributed by atoms with Crippen LogP contribution in [0.5, 0.6) is 0 Å². The van der Waals surface area contributed by atoms with E-state index in [1.54, 1.807) is 30.3 Å². The summed E-state index contributed by atoms with van der Waals surface area (Å²) in [6, 6.07) is 18.0. The van der Waals surface area contributed by atoms with Crippen molar-refractivity contribution in [2.45, 2.75) is 6.92 Å². The fourth-order valence-corrected chi connectivity index (χ4v) is 3.24. The van der Waals surface area contributed by atoms with Crippen LogP contribution in [0.4, 0.5) is 5.69 Å². The van der Waals surface area contributed by atoms with Crippen LogP contribution in [0, 0.1) is 6.92 Å². The van der Waals surface area contributed by atoms with Crippen LogP contribution in [0.2, 0.25) is 10.0 Å². The molecular weight excluding hydrogens is 383 g/mol. The molecule has 134 valence electrons. The van der Waals surface area contributed by atoms with Crippen LogP contribution >= 0.6 is 23.2 Å². The van der Waals surface area contributed by atoms with E-state index in [9.17, 15) is 4.79 Å². The molecular formula is C21H14Cl2N2O2. The highest BCUT2D eigenvalue weighted by Crippen LogP contribution is 2.34. The summed E-state index contributed by atoms with van der Waals surface area (Å²) in [7, 11) is 0. The highest BCUT2D eigenvalue weighted by atomic mass is 35.5. The number of aromatic nitrogens is 1. The van der Waals surface area contributed by atoms with Gasteiger partial charge in [-0.25, -0.2) is 0 Å². The third kappa shape index (κ3) is 3.42. The van der Waals surface area contributed by atoms with Crippen LogP contribution in [0.15, 0.2) is 65.1 Å². The summed E-state index contributed by atoms with van der Waals surface area (Å²) in [5.74, 6) is 0.299. The number of aryl methyl sites for hydroxylation is 1. The minimum absolute atomic E-state index is 0.179. The molecule has 2 aromatic heterocycles. The van der Waals surface area contributed by atoms with Crippen LogP contribution in [0.3, 0.4) is 0 Å². The molecule has 0 aliphatic carbocycles. The van der Waals surface area contributed by atoms with Gasteiger partial charge in [0.1, 0.15) is 5.76 Å². The minimum atomic E-state index is -0.354. The van der Waals surface area contributed by atoms with E-state index in [4.69, 9.17) is 27.6 Å². The molecule has 2 aromatic carbocycles. The van der Waals surface area contributed by atoms with E-state index < -0.39 is 0 Å². The number of hydrogen-bond donors (Lipinski definition) is 1. The van der Waals surface area contributed by atoms with Crippen molar-refractivity contribution in [3.63, 3.8) is 0 Å². The number of benzene rings is 2. The molecule has 0 saturated carbocycles. The van der Waals surface area contributed by atoms with Gasteiger partial charge in [-0.2, -0.15) is 0 Å². The smallest absolute Gasteiger partial charge is 0.291 e. The van der Waals surface area contributed by atoms with Gasteiger partial charge >= 0.3 is 0 Å². The number of rotatable bonds is 3. The highest BCUT2D eigenvalue weighted by molar-refractivity contribution is 6.43. The van der Waals surface area contributed by atoms with Gasteiger partial charge in [0.15, 0.2) is 5.76 Å². The first-order valence-electron chi connectivity index (χ1n) is 8.25. The zero-order chi connectivity index (χ0) is 19.0. The molecule has 0 atom stereocenters. The molecule has 0 radical (unpaired) electrons. The first kappa shape index (κ1) is 17.6. The van der Waals surface area contributed by atoms with Crippen molar-refractivity contribution in [3.05, 3.63) is 82.2 Å². The number of carbonyl (C=O) groups is 1. The fourth-order valence-electron chi connectivity index (χ4n) is 2.85. The summed E-state index contributed by atoms with van der Waals surface area (Å²) in [4.78, 5) is 17.1. The topological polar surface area (TPSA) is 55.1 Å². The average Bonchev–Trinajstić information content (AvgIpc) is 3.14. The van der Waals surface area contributed by atoms with Crippen molar-refractivity contribution in [1.82, 2.24) is 4.98 Å². The second kappa shape index (κ2) is 7.06. The maximum Gasteiger partial charge on any atom is 0.291 e. The van der Waals surface area contributed by atoms with E-state index in [0.717, 1.165) is 16.6 Å². The number of nitrogens with zero attached hydrogens (tertiary/aromatic N) is 1. The van der Waals surface area contributed by atoms with Gasteiger partial charge in [0.25, 0.3) is 5.91 Å². The summed E-state index contributed by atoms with van der Waals surface area (Å²) < 4.78 is 5.70. The minimum Gasteiger partial charge on any atom is -0.451 e. The molecule has 2 heterocycles. The van der Waals surface area contributed by atoms with Crippen molar-refractivity contribution < 1.29 is 9.21 Å². The van der Waals surface area contributed by atoms with Gasteiger partial charge in [-0.1, -0.05) is 35.3 Å². The number of fused-ring (bicyclic) bond motifs is 1. The standard InChI is InChI=1S/C21H14Cl2N2O2/c1-12-8-9-13-16(24-12)6-3-7-17(13)25-21(26)19-11-10-18(27-19)14-4-2-5-15(22)20(14)23/h2-11H,1H3,(H,25,26). The van der Waals surface area contributed by atoms with Gasteiger partial charge in [-0.3, -0.25) is 9.78 Å². The van der Waals surface area contributed by atoms with Crippen molar-refractivity contribution >= 4 is 45.7 Å². The molecule has 0 aliphatic rings. The van der Waals surface area contributed by atoms with Gasteiger partial charge in [0.05, 0.1) is 21.2 Å². The van der Waals surface area contributed by atoms with E-state index in [2.05, 4.69) is 10.3 Å². The highest BCUT2D eigenvalue weighted by Gasteiger charge is 2.16. The predicted octanol–water partition coefficient (Wildman–Crippen LogP) is 6.36. The van der Waals surface area contributed by atoms with E-state index in [1.165, 1.54) is 0 Å². The molecule has 0 saturated heterocycles. The zero-order valence-corrected chi connectivity index (χ0v) is 15.8. The lowest BCUT2D eigenvalue weighted by molar-refractivity contribution is 0.0997. The number of anilines is 1. The normalized spacial score (nSPS) is 10.9. The largest absolute Gasteiger partial charge is 0.451 e. The Morgan fingerprint density at radius 3 is 2.67 bits per heavy atom. The van der Waals surface area contributed by atoms with Crippen LogP contribution in [-0.2, 0) is 0 Å². The third-order valence-electron chi connectivity index (χ3n) is 4.17. The number of amides is 1. The quantitative estimate of drug-likeness (QED) is 0.438. The molecule has 0 bridgehead atoms. The summed E-state index contributed by atoms with van der Waals surface area (Å²) in [6.07, 6.45) is 0. The van der Waals surface area contributed by atoms with Gasteiger partial charge in [-0.15, -0.1) is 0 Å². The van der Waals surface area contributed by atoms with Crippen molar-refractivity contribution in [3.8, 4) is 11.3 Å². The number of carbonyl (C=O) groups excluding carboxylic acids is 1. The van der Waals surface area contributed by atoms with Gasteiger partial charge in [-0.05, 0) is 55.5 Å². The monoisotopic (exact) mass is 396 g/mol. The lowest BCUT2D eigenvalue weighted by Gasteiger charge is -2.08. The number of furan rings is 1. The third-order valence-corrected chi connectivity index (χ3v) is 4.99. The Morgan fingerprint density at radius 1 is 1.00 bits per heavy atom. The van der Waals surface area contributed by atoms with Gasteiger partial charge in [0, 0.05) is 16.6 Å². The molecule has 6 heteroatoms.